The van der Waals surface area contributed by atoms with E-state index in [2.05, 4.69) is 86.8 Å². The Labute approximate surface area is 409 Å². The highest BCUT2D eigenvalue weighted by molar-refractivity contribution is 5.77. The van der Waals surface area contributed by atoms with Crippen LogP contribution in [0.4, 0.5) is 0 Å². The van der Waals surface area contributed by atoms with Crippen LogP contribution in [0.2, 0.25) is 0 Å². The molecule has 0 fully saturated rings. The maximum Gasteiger partial charge on any atom is 0.306 e. The van der Waals surface area contributed by atoms with E-state index in [4.69, 9.17) is 4.74 Å². The van der Waals surface area contributed by atoms with Gasteiger partial charge in [-0.1, -0.05) is 261 Å². The molecule has 0 radical (unpaired) electrons. The Bertz CT molecular complexity index is 1170. The standard InChI is InChI=1S/C60H109NO5/c1-4-7-10-13-16-19-22-25-27-29-30-32-35-38-41-44-47-50-53-60(65)66-56(51-48-45-42-39-36-33-24-21-18-15-12-9-6-3)54-59(64)61-57(55-62)58(63)52-49-46-43-40-37-34-31-28-26-23-20-17-14-11-8-5-2/h9,12,15,18,21,24,27,29-30,32,56-58,62-63H,4-8,10-11,13-14,16-17,19-20,22-23,25-26,28,31,33-55H2,1-3H3,(H,61,64)/b12-9+,18-15+,24-21+,29-27+,32-30+. The third kappa shape index (κ3) is 48.0. The maximum atomic E-state index is 13.3. The topological polar surface area (TPSA) is 95.9 Å². The lowest BCUT2D eigenvalue weighted by molar-refractivity contribution is -0.151. The normalized spacial score (nSPS) is 13.6. The monoisotopic (exact) mass is 924 g/mol. The zero-order valence-electron chi connectivity index (χ0n) is 43.8. The van der Waals surface area contributed by atoms with Gasteiger partial charge in [-0.05, 0) is 70.6 Å². The molecule has 0 aromatic carbocycles. The van der Waals surface area contributed by atoms with E-state index in [1.54, 1.807) is 0 Å². The van der Waals surface area contributed by atoms with Crippen molar-refractivity contribution in [2.45, 2.75) is 302 Å². The van der Waals surface area contributed by atoms with Crippen LogP contribution >= 0.6 is 0 Å². The van der Waals surface area contributed by atoms with Gasteiger partial charge in [-0.15, -0.1) is 0 Å². The highest BCUT2D eigenvalue weighted by Gasteiger charge is 2.24. The van der Waals surface area contributed by atoms with Gasteiger partial charge in [0.1, 0.15) is 6.10 Å². The zero-order chi connectivity index (χ0) is 48.1. The van der Waals surface area contributed by atoms with Gasteiger partial charge in [0.15, 0.2) is 0 Å². The van der Waals surface area contributed by atoms with Crippen molar-refractivity contribution >= 4 is 11.9 Å². The average Bonchev–Trinajstić information content (AvgIpc) is 3.31. The lowest BCUT2D eigenvalue weighted by atomic mass is 10.0. The third-order valence-corrected chi connectivity index (χ3v) is 12.9. The molecule has 0 bridgehead atoms. The Morgan fingerprint density at radius 2 is 0.818 bits per heavy atom. The first-order chi connectivity index (χ1) is 32.5. The molecule has 0 saturated heterocycles. The number of nitrogens with one attached hydrogen (secondary N) is 1. The number of unbranched alkanes of at least 4 members (excludes halogenated alkanes) is 32. The van der Waals surface area contributed by atoms with Crippen molar-refractivity contribution in [1.82, 2.24) is 5.32 Å². The summed E-state index contributed by atoms with van der Waals surface area (Å²) < 4.78 is 5.94. The molecule has 0 aliphatic rings. The van der Waals surface area contributed by atoms with Crippen LogP contribution in [-0.4, -0.2) is 46.9 Å². The molecule has 1 amide bonds. The number of carbonyl (C=O) groups is 2. The summed E-state index contributed by atoms with van der Waals surface area (Å²) in [7, 11) is 0. The van der Waals surface area contributed by atoms with Crippen LogP contribution in [0.25, 0.3) is 0 Å². The summed E-state index contributed by atoms with van der Waals surface area (Å²) in [6.07, 6.45) is 67.1. The smallest absolute Gasteiger partial charge is 0.306 e. The van der Waals surface area contributed by atoms with Crippen molar-refractivity contribution in [2.75, 3.05) is 6.61 Å². The number of amides is 1. The summed E-state index contributed by atoms with van der Waals surface area (Å²) in [6, 6.07) is -0.714. The molecule has 0 aromatic rings. The van der Waals surface area contributed by atoms with Gasteiger partial charge in [-0.25, -0.2) is 0 Å². The summed E-state index contributed by atoms with van der Waals surface area (Å²) in [6.45, 7) is 6.36. The van der Waals surface area contributed by atoms with E-state index < -0.39 is 18.2 Å². The molecule has 0 aliphatic heterocycles. The number of esters is 1. The fourth-order valence-corrected chi connectivity index (χ4v) is 8.60. The van der Waals surface area contributed by atoms with Crippen LogP contribution in [0.5, 0.6) is 0 Å². The summed E-state index contributed by atoms with van der Waals surface area (Å²) in [4.78, 5) is 26.2. The summed E-state index contributed by atoms with van der Waals surface area (Å²) in [5, 5.41) is 23.9. The number of aliphatic hydroxyl groups is 2. The number of carbonyl (C=O) groups excluding carboxylic acids is 2. The van der Waals surface area contributed by atoms with Crippen molar-refractivity contribution < 1.29 is 24.5 Å². The Morgan fingerprint density at radius 1 is 0.455 bits per heavy atom. The van der Waals surface area contributed by atoms with Crippen LogP contribution in [0.3, 0.4) is 0 Å². The Kier molecular flexibility index (Phi) is 51.5. The number of hydrogen-bond donors (Lipinski definition) is 3. The van der Waals surface area contributed by atoms with Gasteiger partial charge in [0.25, 0.3) is 0 Å². The van der Waals surface area contributed by atoms with Gasteiger partial charge < -0.3 is 20.3 Å². The van der Waals surface area contributed by atoms with Crippen molar-refractivity contribution in [3.63, 3.8) is 0 Å². The molecule has 66 heavy (non-hydrogen) atoms. The SMILES string of the molecule is CC/C=C/C=C/C=C/CCCCCCCC(CC(=O)NC(CO)C(O)CCCCCCCCCCCCCCCCCC)OC(=O)CCCCCCC/C=C/C=C/CCCCCCCCC. The van der Waals surface area contributed by atoms with E-state index in [0.29, 0.717) is 19.3 Å². The second-order valence-corrected chi connectivity index (χ2v) is 19.4. The molecule has 6 nitrogen and oxygen atoms in total. The number of aliphatic hydroxyl groups excluding tert-OH is 2. The van der Waals surface area contributed by atoms with Gasteiger partial charge >= 0.3 is 5.97 Å². The maximum absolute atomic E-state index is 13.3. The zero-order valence-corrected chi connectivity index (χ0v) is 43.8. The van der Waals surface area contributed by atoms with Crippen molar-refractivity contribution in [3.8, 4) is 0 Å². The number of hydrogen-bond acceptors (Lipinski definition) is 5. The molecule has 0 saturated carbocycles. The summed E-state index contributed by atoms with van der Waals surface area (Å²) in [5.41, 5.74) is 0. The minimum absolute atomic E-state index is 0.0571. The van der Waals surface area contributed by atoms with E-state index in [9.17, 15) is 19.8 Å². The van der Waals surface area contributed by atoms with Gasteiger partial charge in [0, 0.05) is 6.42 Å². The lowest BCUT2D eigenvalue weighted by Gasteiger charge is -2.24. The quantitative estimate of drug-likeness (QED) is 0.0321. The van der Waals surface area contributed by atoms with Crippen LogP contribution in [0.1, 0.15) is 284 Å². The van der Waals surface area contributed by atoms with Crippen molar-refractivity contribution in [2.24, 2.45) is 0 Å². The van der Waals surface area contributed by atoms with Crippen molar-refractivity contribution in [3.05, 3.63) is 60.8 Å². The second kappa shape index (κ2) is 53.5. The molecule has 0 aliphatic carbocycles. The van der Waals surface area contributed by atoms with Crippen LogP contribution in [-0.2, 0) is 14.3 Å². The fraction of sp³-hybridized carbons (Fsp3) is 0.800. The molecule has 6 heteroatoms. The first-order valence-corrected chi connectivity index (χ1v) is 28.6. The lowest BCUT2D eigenvalue weighted by Crippen LogP contribution is -2.46. The fourth-order valence-electron chi connectivity index (χ4n) is 8.60. The Balaban J connectivity index is 4.56. The Morgan fingerprint density at radius 3 is 1.24 bits per heavy atom. The largest absolute Gasteiger partial charge is 0.462 e. The van der Waals surface area contributed by atoms with E-state index in [1.807, 2.05) is 0 Å². The van der Waals surface area contributed by atoms with Crippen LogP contribution in [0.15, 0.2) is 60.8 Å². The molecule has 3 unspecified atom stereocenters. The van der Waals surface area contributed by atoms with Gasteiger partial charge in [-0.3, -0.25) is 9.59 Å². The van der Waals surface area contributed by atoms with Gasteiger partial charge in [0.2, 0.25) is 5.91 Å². The summed E-state index contributed by atoms with van der Waals surface area (Å²) >= 11 is 0. The van der Waals surface area contributed by atoms with E-state index in [0.717, 1.165) is 103 Å². The molecular weight excluding hydrogens is 815 g/mol. The first kappa shape index (κ1) is 63.6. The minimum atomic E-state index is -0.798. The molecule has 0 aromatic heterocycles. The van der Waals surface area contributed by atoms with E-state index in [1.165, 1.54) is 135 Å². The number of allylic oxidation sites excluding steroid dienone is 10. The molecule has 3 N–H and O–H groups in total. The minimum Gasteiger partial charge on any atom is -0.462 e. The molecular formula is C60H109NO5. The average molecular weight is 925 g/mol. The van der Waals surface area contributed by atoms with E-state index >= 15 is 0 Å². The predicted molar refractivity (Wildman–Crippen MR) is 287 cm³/mol. The van der Waals surface area contributed by atoms with E-state index in [-0.39, 0.29) is 24.9 Å². The number of rotatable bonds is 51. The number of ether oxygens (including phenoxy) is 1. The first-order valence-electron chi connectivity index (χ1n) is 28.6. The molecule has 384 valence electrons. The van der Waals surface area contributed by atoms with Gasteiger partial charge in [-0.2, -0.15) is 0 Å². The van der Waals surface area contributed by atoms with Gasteiger partial charge in [0.05, 0.1) is 25.2 Å². The van der Waals surface area contributed by atoms with Crippen LogP contribution < -0.4 is 5.32 Å². The van der Waals surface area contributed by atoms with Crippen LogP contribution in [0, 0.1) is 0 Å². The third-order valence-electron chi connectivity index (χ3n) is 12.9. The molecule has 0 rings (SSSR count). The summed E-state index contributed by atoms with van der Waals surface area (Å²) in [5.74, 6) is -0.506. The highest BCUT2D eigenvalue weighted by atomic mass is 16.5. The molecule has 0 heterocycles. The second-order valence-electron chi connectivity index (χ2n) is 19.4. The highest BCUT2D eigenvalue weighted by Crippen LogP contribution is 2.18. The molecule has 3 atom stereocenters. The predicted octanol–water partition coefficient (Wildman–Crippen LogP) is 17.6. The molecule has 0 spiro atoms. The van der Waals surface area contributed by atoms with Crippen molar-refractivity contribution in [1.29, 1.82) is 0 Å². The Hall–Kier alpha value is -2.44.